The quantitative estimate of drug-likeness (QED) is 0.715. The fourth-order valence-electron chi connectivity index (χ4n) is 2.60. The number of hydrogen-bond donors (Lipinski definition) is 1. The lowest BCUT2D eigenvalue weighted by Gasteiger charge is -2.15. The maximum absolute atomic E-state index is 11.8. The maximum Gasteiger partial charge on any atom is 0.175 e. The number of nitrogens with zero attached hydrogens (tertiary/aromatic N) is 2. The highest BCUT2D eigenvalue weighted by Crippen LogP contribution is 2.25. The van der Waals surface area contributed by atoms with Gasteiger partial charge in [-0.3, -0.25) is 0 Å². The number of sulfone groups is 1. The lowest BCUT2D eigenvalue weighted by atomic mass is 10.2. The second kappa shape index (κ2) is 7.29. The monoisotopic (exact) mass is 371 g/mol. The summed E-state index contributed by atoms with van der Waals surface area (Å²) in [7, 11) is -3.30. The van der Waals surface area contributed by atoms with Crippen LogP contribution in [0, 0.1) is 0 Å². The van der Waals surface area contributed by atoms with Crippen molar-refractivity contribution in [2.75, 3.05) is 11.6 Å². The fraction of sp³-hybridized carbons (Fsp3) is 0.263. The zero-order chi connectivity index (χ0) is 18.7. The number of nitrogens with one attached hydrogen (secondary N) is 1. The average Bonchev–Trinajstić information content (AvgIpc) is 2.59. The Balaban J connectivity index is 1.92. The van der Waals surface area contributed by atoms with Gasteiger partial charge in [0, 0.05) is 23.8 Å². The number of fused-ring (bicyclic) bond motifs is 1. The predicted molar refractivity (Wildman–Crippen MR) is 102 cm³/mol. The van der Waals surface area contributed by atoms with Crippen LogP contribution in [0.4, 0.5) is 5.82 Å². The van der Waals surface area contributed by atoms with Gasteiger partial charge in [-0.25, -0.2) is 18.4 Å². The van der Waals surface area contributed by atoms with Crippen molar-refractivity contribution < 1.29 is 13.2 Å². The highest BCUT2D eigenvalue weighted by molar-refractivity contribution is 7.90. The first kappa shape index (κ1) is 18.1. The van der Waals surface area contributed by atoms with Crippen molar-refractivity contribution in [3.8, 4) is 5.75 Å². The average molecular weight is 371 g/mol. The maximum atomic E-state index is 11.8. The van der Waals surface area contributed by atoms with E-state index in [4.69, 9.17) is 4.74 Å². The van der Waals surface area contributed by atoms with E-state index in [1.165, 1.54) is 12.6 Å². The van der Waals surface area contributed by atoms with E-state index < -0.39 is 9.84 Å². The molecule has 2 aromatic carbocycles. The molecule has 0 unspecified atom stereocenters. The Morgan fingerprint density at radius 1 is 1.12 bits per heavy atom. The molecule has 1 N–H and O–H groups in total. The van der Waals surface area contributed by atoms with Crippen LogP contribution in [0.5, 0.6) is 5.75 Å². The lowest BCUT2D eigenvalue weighted by Crippen LogP contribution is -2.10. The highest BCUT2D eigenvalue weighted by Gasteiger charge is 2.12. The zero-order valence-corrected chi connectivity index (χ0v) is 15.7. The summed E-state index contributed by atoms with van der Waals surface area (Å²) in [5, 5.41) is 3.93. The van der Waals surface area contributed by atoms with Crippen molar-refractivity contribution in [1.29, 1.82) is 0 Å². The first-order valence-corrected chi connectivity index (χ1v) is 10.2. The summed E-state index contributed by atoms with van der Waals surface area (Å²) in [6.45, 7) is 4.46. The van der Waals surface area contributed by atoms with Crippen molar-refractivity contribution in [3.63, 3.8) is 0 Å². The first-order valence-electron chi connectivity index (χ1n) is 8.28. The predicted octanol–water partition coefficient (Wildman–Crippen LogP) is 3.43. The van der Waals surface area contributed by atoms with Crippen molar-refractivity contribution >= 4 is 26.6 Å². The minimum absolute atomic E-state index is 0.0772. The van der Waals surface area contributed by atoms with Crippen LogP contribution in [-0.4, -0.2) is 30.7 Å². The van der Waals surface area contributed by atoms with Crippen LogP contribution < -0.4 is 10.1 Å². The largest absolute Gasteiger partial charge is 0.491 e. The molecule has 0 aliphatic heterocycles. The number of anilines is 1. The Hall–Kier alpha value is -2.67. The molecule has 26 heavy (non-hydrogen) atoms. The van der Waals surface area contributed by atoms with E-state index in [0.29, 0.717) is 23.3 Å². The van der Waals surface area contributed by atoms with E-state index in [1.54, 1.807) is 18.2 Å². The third kappa shape index (κ3) is 4.11. The molecule has 0 radical (unpaired) electrons. The Morgan fingerprint density at radius 3 is 2.62 bits per heavy atom. The minimum atomic E-state index is -3.30. The highest BCUT2D eigenvalue weighted by atomic mass is 32.2. The Morgan fingerprint density at radius 2 is 1.88 bits per heavy atom. The van der Waals surface area contributed by atoms with E-state index in [9.17, 15) is 8.42 Å². The van der Waals surface area contributed by atoms with Crippen molar-refractivity contribution in [2.24, 2.45) is 0 Å². The van der Waals surface area contributed by atoms with Gasteiger partial charge in [0.25, 0.3) is 0 Å². The molecule has 3 aromatic rings. The van der Waals surface area contributed by atoms with Gasteiger partial charge in [-0.15, -0.1) is 0 Å². The second-order valence-electron chi connectivity index (χ2n) is 6.30. The lowest BCUT2D eigenvalue weighted by molar-refractivity contribution is 0.240. The molecule has 0 saturated carbocycles. The summed E-state index contributed by atoms with van der Waals surface area (Å²) in [4.78, 5) is 8.73. The molecule has 6 nitrogen and oxygen atoms in total. The van der Waals surface area contributed by atoms with E-state index in [2.05, 4.69) is 15.3 Å². The molecule has 136 valence electrons. The topological polar surface area (TPSA) is 81.2 Å². The molecule has 0 saturated heterocycles. The van der Waals surface area contributed by atoms with Gasteiger partial charge in [-0.1, -0.05) is 18.2 Å². The van der Waals surface area contributed by atoms with Crippen LogP contribution in [0.1, 0.15) is 19.4 Å². The zero-order valence-electron chi connectivity index (χ0n) is 14.9. The number of hydrogen-bond acceptors (Lipinski definition) is 6. The van der Waals surface area contributed by atoms with E-state index >= 15 is 0 Å². The summed E-state index contributed by atoms with van der Waals surface area (Å²) in [5.74, 6) is 1.39. The SMILES string of the molecule is CC(C)Oc1ccccc1CNc1ncnc2ccc(S(C)(=O)=O)cc12. The summed E-state index contributed by atoms with van der Waals surface area (Å²) >= 11 is 0. The molecular weight excluding hydrogens is 350 g/mol. The van der Waals surface area contributed by atoms with Crippen LogP contribution in [0.3, 0.4) is 0 Å². The van der Waals surface area contributed by atoms with Crippen molar-refractivity contribution in [2.45, 2.75) is 31.4 Å². The van der Waals surface area contributed by atoms with Crippen LogP contribution >= 0.6 is 0 Å². The van der Waals surface area contributed by atoms with Gasteiger partial charge in [-0.05, 0) is 38.1 Å². The van der Waals surface area contributed by atoms with Gasteiger partial charge in [0.05, 0.1) is 16.5 Å². The molecule has 0 aliphatic rings. The molecule has 3 rings (SSSR count). The molecule has 0 fully saturated rings. The number of rotatable bonds is 6. The van der Waals surface area contributed by atoms with Crippen molar-refractivity contribution in [3.05, 3.63) is 54.4 Å². The molecule has 1 aromatic heterocycles. The third-order valence-electron chi connectivity index (χ3n) is 3.82. The van der Waals surface area contributed by atoms with Gasteiger partial charge in [-0.2, -0.15) is 0 Å². The molecular formula is C19H21N3O3S. The molecule has 7 heteroatoms. The third-order valence-corrected chi connectivity index (χ3v) is 4.93. The molecule has 1 heterocycles. The molecule has 0 aliphatic carbocycles. The minimum Gasteiger partial charge on any atom is -0.491 e. The number of para-hydroxylation sites is 1. The summed E-state index contributed by atoms with van der Waals surface area (Å²) in [6.07, 6.45) is 2.72. The molecule has 0 spiro atoms. The Kier molecular flexibility index (Phi) is 5.08. The van der Waals surface area contributed by atoms with Crippen LogP contribution in [-0.2, 0) is 16.4 Å². The van der Waals surface area contributed by atoms with Crippen LogP contribution in [0.25, 0.3) is 10.9 Å². The Labute approximate surface area is 153 Å². The first-order chi connectivity index (χ1) is 12.3. The second-order valence-corrected chi connectivity index (χ2v) is 8.32. The van der Waals surface area contributed by atoms with Gasteiger partial charge < -0.3 is 10.1 Å². The summed E-state index contributed by atoms with van der Waals surface area (Å²) in [5.41, 5.74) is 1.67. The Bertz CT molecular complexity index is 1030. The van der Waals surface area contributed by atoms with E-state index in [-0.39, 0.29) is 11.0 Å². The molecule has 0 atom stereocenters. The smallest absolute Gasteiger partial charge is 0.175 e. The van der Waals surface area contributed by atoms with Gasteiger partial charge in [0.2, 0.25) is 0 Å². The number of aromatic nitrogens is 2. The van der Waals surface area contributed by atoms with Gasteiger partial charge in [0.15, 0.2) is 9.84 Å². The van der Waals surface area contributed by atoms with Gasteiger partial charge in [0.1, 0.15) is 17.9 Å². The summed E-state index contributed by atoms with van der Waals surface area (Å²) < 4.78 is 29.5. The van der Waals surface area contributed by atoms with Gasteiger partial charge >= 0.3 is 0 Å². The number of ether oxygens (including phenoxy) is 1. The van der Waals surface area contributed by atoms with Crippen molar-refractivity contribution in [1.82, 2.24) is 9.97 Å². The summed E-state index contributed by atoms with van der Waals surface area (Å²) in [6, 6.07) is 12.6. The van der Waals surface area contributed by atoms with E-state index in [1.807, 2.05) is 38.1 Å². The normalized spacial score (nSPS) is 11.7. The standard InChI is InChI=1S/C19H21N3O3S/c1-13(2)25-18-7-5-4-6-14(18)11-20-19-16-10-15(26(3,23)24)8-9-17(16)21-12-22-19/h4-10,12-13H,11H2,1-3H3,(H,20,21,22). The molecule has 0 amide bonds. The molecule has 0 bridgehead atoms. The van der Waals surface area contributed by atoms with Crippen LogP contribution in [0.2, 0.25) is 0 Å². The van der Waals surface area contributed by atoms with E-state index in [0.717, 1.165) is 11.3 Å². The fourth-order valence-corrected chi connectivity index (χ4v) is 3.25. The van der Waals surface area contributed by atoms with Crippen LogP contribution in [0.15, 0.2) is 53.7 Å². The number of benzene rings is 2.